The van der Waals surface area contributed by atoms with E-state index in [1.807, 2.05) is 12.1 Å². The van der Waals surface area contributed by atoms with Crippen molar-refractivity contribution in [1.82, 2.24) is 9.88 Å². The predicted molar refractivity (Wildman–Crippen MR) is 86.8 cm³/mol. The van der Waals surface area contributed by atoms with Gasteiger partial charge in [0.25, 0.3) is 0 Å². The van der Waals surface area contributed by atoms with E-state index in [4.69, 9.17) is 11.6 Å². The van der Waals surface area contributed by atoms with Gasteiger partial charge in [0.15, 0.2) is 0 Å². The van der Waals surface area contributed by atoms with Crippen molar-refractivity contribution in [2.75, 3.05) is 6.54 Å². The van der Waals surface area contributed by atoms with E-state index in [1.54, 1.807) is 12.1 Å². The summed E-state index contributed by atoms with van der Waals surface area (Å²) in [5, 5.41) is 3.66. The zero-order valence-corrected chi connectivity index (χ0v) is 13.5. The molecule has 2 aromatic rings. The quantitative estimate of drug-likeness (QED) is 0.904. The number of hydrogen-bond acceptors (Lipinski definition) is 1. The Labute approximate surface area is 130 Å². The molecule has 0 spiro atoms. The molecule has 3 nitrogen and oxygen atoms in total. The molecule has 0 bridgehead atoms. The summed E-state index contributed by atoms with van der Waals surface area (Å²) in [4.78, 5) is 11.9. The first kappa shape index (κ1) is 15.6. The van der Waals surface area contributed by atoms with E-state index in [2.05, 4.69) is 36.8 Å². The molecular formula is C17H21ClN2O. The SMILES string of the molecule is Cc1cc(CCNC(=O)Cc2ccc(Cl)cc2)c(C)n1C. The lowest BCUT2D eigenvalue weighted by atomic mass is 10.1. The van der Waals surface area contributed by atoms with Crippen molar-refractivity contribution in [2.24, 2.45) is 7.05 Å². The first-order chi connectivity index (χ1) is 9.97. The number of hydrogen-bond donors (Lipinski definition) is 1. The van der Waals surface area contributed by atoms with Crippen molar-refractivity contribution in [2.45, 2.75) is 26.7 Å². The minimum absolute atomic E-state index is 0.0441. The molecule has 112 valence electrons. The lowest BCUT2D eigenvalue weighted by Crippen LogP contribution is -2.27. The highest BCUT2D eigenvalue weighted by Crippen LogP contribution is 2.13. The van der Waals surface area contributed by atoms with Crippen molar-refractivity contribution in [1.29, 1.82) is 0 Å². The molecule has 0 radical (unpaired) electrons. The van der Waals surface area contributed by atoms with Crippen LogP contribution in [0.4, 0.5) is 0 Å². The van der Waals surface area contributed by atoms with Gasteiger partial charge in [0.1, 0.15) is 0 Å². The van der Waals surface area contributed by atoms with Gasteiger partial charge in [-0.05, 0) is 49.6 Å². The maximum atomic E-state index is 11.9. The molecule has 1 N–H and O–H groups in total. The number of carbonyl (C=O) groups excluding carboxylic acids is 1. The number of carbonyl (C=O) groups is 1. The predicted octanol–water partition coefficient (Wildman–Crippen LogP) is 3.20. The average molecular weight is 305 g/mol. The highest BCUT2D eigenvalue weighted by atomic mass is 35.5. The maximum absolute atomic E-state index is 11.9. The number of rotatable bonds is 5. The summed E-state index contributed by atoms with van der Waals surface area (Å²) in [7, 11) is 2.06. The van der Waals surface area contributed by atoms with E-state index in [-0.39, 0.29) is 5.91 Å². The van der Waals surface area contributed by atoms with Crippen molar-refractivity contribution in [3.05, 3.63) is 57.9 Å². The Bertz CT molecular complexity index is 629. The van der Waals surface area contributed by atoms with Crippen LogP contribution in [-0.4, -0.2) is 17.0 Å². The van der Waals surface area contributed by atoms with E-state index in [0.717, 1.165) is 12.0 Å². The molecule has 2 rings (SSSR count). The van der Waals surface area contributed by atoms with Gasteiger partial charge >= 0.3 is 0 Å². The topological polar surface area (TPSA) is 34.0 Å². The van der Waals surface area contributed by atoms with E-state index in [9.17, 15) is 4.79 Å². The molecule has 0 aliphatic carbocycles. The first-order valence-corrected chi connectivity index (χ1v) is 7.48. The molecule has 0 fully saturated rings. The van der Waals surface area contributed by atoms with Crippen LogP contribution in [0.5, 0.6) is 0 Å². The molecular weight excluding hydrogens is 284 g/mol. The van der Waals surface area contributed by atoms with E-state index >= 15 is 0 Å². The Morgan fingerprint density at radius 3 is 2.48 bits per heavy atom. The largest absolute Gasteiger partial charge is 0.355 e. The number of benzene rings is 1. The van der Waals surface area contributed by atoms with Gasteiger partial charge in [-0.1, -0.05) is 23.7 Å². The number of aryl methyl sites for hydroxylation is 1. The lowest BCUT2D eigenvalue weighted by Gasteiger charge is -2.06. The van der Waals surface area contributed by atoms with Gasteiger partial charge in [-0.15, -0.1) is 0 Å². The van der Waals surface area contributed by atoms with E-state index < -0.39 is 0 Å². The molecule has 0 atom stereocenters. The maximum Gasteiger partial charge on any atom is 0.224 e. The minimum atomic E-state index is 0.0441. The number of amides is 1. The minimum Gasteiger partial charge on any atom is -0.355 e. The molecule has 1 amide bonds. The van der Waals surface area contributed by atoms with Crippen LogP contribution < -0.4 is 5.32 Å². The van der Waals surface area contributed by atoms with Crippen LogP contribution in [-0.2, 0) is 24.7 Å². The lowest BCUT2D eigenvalue weighted by molar-refractivity contribution is -0.120. The van der Waals surface area contributed by atoms with Crippen LogP contribution in [0, 0.1) is 13.8 Å². The summed E-state index contributed by atoms with van der Waals surface area (Å²) in [6, 6.07) is 9.56. The van der Waals surface area contributed by atoms with Crippen molar-refractivity contribution < 1.29 is 4.79 Å². The zero-order valence-electron chi connectivity index (χ0n) is 12.7. The highest BCUT2D eigenvalue weighted by Gasteiger charge is 2.07. The smallest absolute Gasteiger partial charge is 0.224 e. The molecule has 0 saturated heterocycles. The summed E-state index contributed by atoms with van der Waals surface area (Å²) in [6.45, 7) is 4.87. The first-order valence-electron chi connectivity index (χ1n) is 7.10. The Hall–Kier alpha value is -1.74. The molecule has 1 aromatic heterocycles. The molecule has 0 aliphatic rings. The van der Waals surface area contributed by atoms with Gasteiger partial charge in [0, 0.05) is 30.0 Å². The summed E-state index contributed by atoms with van der Waals surface area (Å²) < 4.78 is 2.17. The Morgan fingerprint density at radius 2 is 1.90 bits per heavy atom. The number of nitrogens with zero attached hydrogens (tertiary/aromatic N) is 1. The van der Waals surface area contributed by atoms with Gasteiger partial charge in [-0.2, -0.15) is 0 Å². The fourth-order valence-electron chi connectivity index (χ4n) is 2.37. The molecule has 0 saturated carbocycles. The van der Waals surface area contributed by atoms with E-state index in [1.165, 1.54) is 17.0 Å². The van der Waals surface area contributed by atoms with Crippen molar-refractivity contribution in [3.63, 3.8) is 0 Å². The van der Waals surface area contributed by atoms with Crippen LogP contribution in [0.1, 0.15) is 22.5 Å². The number of halogens is 1. The van der Waals surface area contributed by atoms with Gasteiger partial charge in [-0.25, -0.2) is 0 Å². The molecule has 1 heterocycles. The van der Waals surface area contributed by atoms with Crippen molar-refractivity contribution in [3.8, 4) is 0 Å². The van der Waals surface area contributed by atoms with Gasteiger partial charge in [0.05, 0.1) is 6.42 Å². The molecule has 0 unspecified atom stereocenters. The molecule has 4 heteroatoms. The normalized spacial score (nSPS) is 10.7. The van der Waals surface area contributed by atoms with Gasteiger partial charge in [0.2, 0.25) is 5.91 Å². The van der Waals surface area contributed by atoms with E-state index in [0.29, 0.717) is 18.0 Å². The van der Waals surface area contributed by atoms with Crippen LogP contribution in [0.25, 0.3) is 0 Å². The molecule has 1 aromatic carbocycles. The van der Waals surface area contributed by atoms with Gasteiger partial charge in [-0.3, -0.25) is 4.79 Å². The third kappa shape index (κ3) is 4.11. The van der Waals surface area contributed by atoms with Crippen LogP contribution in [0.2, 0.25) is 5.02 Å². The molecule has 21 heavy (non-hydrogen) atoms. The Kier molecular flexibility index (Phi) is 5.07. The fourth-order valence-corrected chi connectivity index (χ4v) is 2.50. The summed E-state index contributed by atoms with van der Waals surface area (Å²) in [5.74, 6) is 0.0441. The second-order valence-corrected chi connectivity index (χ2v) is 5.80. The number of aromatic nitrogens is 1. The zero-order chi connectivity index (χ0) is 15.4. The standard InChI is InChI=1S/C17H21ClN2O/c1-12-10-15(13(2)20(12)3)8-9-19-17(21)11-14-4-6-16(18)7-5-14/h4-7,10H,8-9,11H2,1-3H3,(H,19,21). The van der Waals surface area contributed by atoms with Crippen LogP contribution in [0.15, 0.2) is 30.3 Å². The second kappa shape index (κ2) is 6.81. The third-order valence-electron chi connectivity index (χ3n) is 3.87. The Morgan fingerprint density at radius 1 is 1.24 bits per heavy atom. The van der Waals surface area contributed by atoms with Crippen LogP contribution >= 0.6 is 11.6 Å². The third-order valence-corrected chi connectivity index (χ3v) is 4.13. The summed E-state index contributed by atoms with van der Waals surface area (Å²) >= 11 is 5.83. The molecule has 0 aliphatic heterocycles. The monoisotopic (exact) mass is 304 g/mol. The summed E-state index contributed by atoms with van der Waals surface area (Å²) in [5.41, 5.74) is 4.78. The number of nitrogens with one attached hydrogen (secondary N) is 1. The fraction of sp³-hybridized carbons (Fsp3) is 0.353. The van der Waals surface area contributed by atoms with Gasteiger partial charge < -0.3 is 9.88 Å². The highest BCUT2D eigenvalue weighted by molar-refractivity contribution is 6.30. The average Bonchev–Trinajstić information content (AvgIpc) is 2.69. The van der Waals surface area contributed by atoms with Crippen LogP contribution in [0.3, 0.4) is 0 Å². The summed E-state index contributed by atoms with van der Waals surface area (Å²) in [6.07, 6.45) is 1.25. The van der Waals surface area contributed by atoms with Crippen molar-refractivity contribution >= 4 is 17.5 Å². The second-order valence-electron chi connectivity index (χ2n) is 5.36. The Balaban J connectivity index is 1.81.